The summed E-state index contributed by atoms with van der Waals surface area (Å²) in [6.45, 7) is 4.84. The van der Waals surface area contributed by atoms with Crippen LogP contribution in [0, 0.1) is 11.7 Å². The van der Waals surface area contributed by atoms with Crippen LogP contribution in [0.15, 0.2) is 30.6 Å². The number of hydrogen-bond donors (Lipinski definition) is 1. The van der Waals surface area contributed by atoms with Gasteiger partial charge in [0.1, 0.15) is 0 Å². The largest absolute Gasteiger partial charge is 0.329 e. The molecule has 0 unspecified atom stereocenters. The number of imidazole rings is 1. The van der Waals surface area contributed by atoms with Crippen LogP contribution in [0.3, 0.4) is 0 Å². The monoisotopic (exact) mass is 284 g/mol. The second-order valence-corrected chi connectivity index (χ2v) is 5.19. The molecule has 0 aliphatic rings. The van der Waals surface area contributed by atoms with Gasteiger partial charge in [-0.15, -0.1) is 0 Å². The van der Waals surface area contributed by atoms with Crippen molar-refractivity contribution in [1.29, 1.82) is 0 Å². The van der Waals surface area contributed by atoms with E-state index in [4.69, 9.17) is 12.2 Å². The summed E-state index contributed by atoms with van der Waals surface area (Å²) in [5, 5.41) is 0. The second kappa shape index (κ2) is 5.17. The number of pyridine rings is 2. The van der Waals surface area contributed by atoms with Gasteiger partial charge in [0.05, 0.1) is 17.8 Å². The molecular formula is C15H16N4S. The van der Waals surface area contributed by atoms with Crippen molar-refractivity contribution in [3.8, 4) is 0 Å². The molecule has 0 atom stereocenters. The Balaban J connectivity index is 2.14. The normalized spacial score (nSPS) is 11.1. The molecule has 0 aromatic carbocycles. The third-order valence-electron chi connectivity index (χ3n) is 3.55. The standard InChI is InChI=1S/C15H16N4S/c1-3-11-5-4-7-16-12(11)9-19-14-13(18-15(19)20)10(2)6-8-17-14/h4-8H,3,9H2,1-2H3,(H,18,20). The van der Waals surface area contributed by atoms with Crippen LogP contribution in [0.1, 0.15) is 23.7 Å². The van der Waals surface area contributed by atoms with E-state index in [0.29, 0.717) is 11.3 Å². The number of nitrogens with zero attached hydrogens (tertiary/aromatic N) is 3. The SMILES string of the molecule is CCc1cccnc1Cn1c(=S)[nH]c2c(C)ccnc21. The van der Waals surface area contributed by atoms with E-state index < -0.39 is 0 Å². The van der Waals surface area contributed by atoms with Crippen LogP contribution in [0.4, 0.5) is 0 Å². The first kappa shape index (κ1) is 13.0. The molecule has 4 nitrogen and oxygen atoms in total. The van der Waals surface area contributed by atoms with Gasteiger partial charge in [0.15, 0.2) is 10.4 Å². The highest BCUT2D eigenvalue weighted by molar-refractivity contribution is 7.71. The Bertz CT molecular complexity index is 816. The van der Waals surface area contributed by atoms with Gasteiger partial charge in [-0.2, -0.15) is 0 Å². The number of rotatable bonds is 3. The number of aryl methyl sites for hydroxylation is 2. The summed E-state index contributed by atoms with van der Waals surface area (Å²) in [7, 11) is 0. The molecule has 3 aromatic rings. The highest BCUT2D eigenvalue weighted by Gasteiger charge is 2.10. The van der Waals surface area contributed by atoms with E-state index in [1.165, 1.54) is 5.56 Å². The predicted octanol–water partition coefficient (Wildman–Crippen LogP) is 3.41. The van der Waals surface area contributed by atoms with Crippen molar-refractivity contribution in [2.45, 2.75) is 26.8 Å². The third kappa shape index (κ3) is 2.14. The van der Waals surface area contributed by atoms with Crippen LogP contribution >= 0.6 is 12.2 Å². The molecule has 0 saturated carbocycles. The second-order valence-electron chi connectivity index (χ2n) is 4.81. The van der Waals surface area contributed by atoms with Gasteiger partial charge in [0, 0.05) is 12.4 Å². The van der Waals surface area contributed by atoms with Crippen molar-refractivity contribution in [3.05, 3.63) is 52.2 Å². The first-order chi connectivity index (χ1) is 9.70. The summed E-state index contributed by atoms with van der Waals surface area (Å²) in [5.41, 5.74) is 5.34. The maximum absolute atomic E-state index is 5.43. The van der Waals surface area contributed by atoms with Gasteiger partial charge in [-0.1, -0.05) is 13.0 Å². The first-order valence-corrected chi connectivity index (χ1v) is 7.08. The fourth-order valence-electron chi connectivity index (χ4n) is 2.41. The fraction of sp³-hybridized carbons (Fsp3) is 0.267. The molecule has 0 aliphatic heterocycles. The van der Waals surface area contributed by atoms with E-state index in [2.05, 4.69) is 34.9 Å². The highest BCUT2D eigenvalue weighted by atomic mass is 32.1. The van der Waals surface area contributed by atoms with E-state index >= 15 is 0 Å². The van der Waals surface area contributed by atoms with Crippen molar-refractivity contribution in [3.63, 3.8) is 0 Å². The molecule has 20 heavy (non-hydrogen) atoms. The van der Waals surface area contributed by atoms with Gasteiger partial charge >= 0.3 is 0 Å². The van der Waals surface area contributed by atoms with Gasteiger partial charge in [-0.25, -0.2) is 4.98 Å². The minimum Gasteiger partial charge on any atom is -0.329 e. The summed E-state index contributed by atoms with van der Waals surface area (Å²) < 4.78 is 2.70. The quantitative estimate of drug-likeness (QED) is 0.750. The molecular weight excluding hydrogens is 268 g/mol. The van der Waals surface area contributed by atoms with Crippen LogP contribution in [-0.4, -0.2) is 19.5 Å². The summed E-state index contributed by atoms with van der Waals surface area (Å²) in [6.07, 6.45) is 4.60. The topological polar surface area (TPSA) is 46.5 Å². The average Bonchev–Trinajstić information content (AvgIpc) is 2.78. The average molecular weight is 284 g/mol. The zero-order chi connectivity index (χ0) is 14.1. The molecule has 3 aromatic heterocycles. The molecule has 5 heteroatoms. The molecule has 0 aliphatic carbocycles. The van der Waals surface area contributed by atoms with E-state index in [-0.39, 0.29) is 0 Å². The van der Waals surface area contributed by atoms with Crippen molar-refractivity contribution in [1.82, 2.24) is 19.5 Å². The smallest absolute Gasteiger partial charge is 0.179 e. The maximum atomic E-state index is 5.43. The third-order valence-corrected chi connectivity index (χ3v) is 3.87. The molecule has 0 amide bonds. The Morgan fingerprint density at radius 3 is 2.90 bits per heavy atom. The van der Waals surface area contributed by atoms with Crippen molar-refractivity contribution >= 4 is 23.4 Å². The molecule has 102 valence electrons. The minimum absolute atomic E-state index is 0.652. The molecule has 0 bridgehead atoms. The Morgan fingerprint density at radius 1 is 1.25 bits per heavy atom. The van der Waals surface area contributed by atoms with Crippen LogP contribution in [0.2, 0.25) is 0 Å². The zero-order valence-electron chi connectivity index (χ0n) is 11.6. The van der Waals surface area contributed by atoms with Gasteiger partial charge in [0.25, 0.3) is 0 Å². The molecule has 0 radical (unpaired) electrons. The Kier molecular flexibility index (Phi) is 3.36. The molecule has 3 rings (SSSR count). The van der Waals surface area contributed by atoms with Crippen molar-refractivity contribution < 1.29 is 0 Å². The Morgan fingerprint density at radius 2 is 2.10 bits per heavy atom. The van der Waals surface area contributed by atoms with Crippen LogP contribution < -0.4 is 0 Å². The van der Waals surface area contributed by atoms with Crippen LogP contribution in [-0.2, 0) is 13.0 Å². The number of aromatic amines is 1. The summed E-state index contributed by atoms with van der Waals surface area (Å²) in [5.74, 6) is 0. The number of hydrogen-bond acceptors (Lipinski definition) is 3. The summed E-state index contributed by atoms with van der Waals surface area (Å²) >= 11 is 5.43. The molecule has 0 saturated heterocycles. The van der Waals surface area contributed by atoms with Crippen molar-refractivity contribution in [2.75, 3.05) is 0 Å². The van der Waals surface area contributed by atoms with Crippen LogP contribution in [0.25, 0.3) is 11.2 Å². The van der Waals surface area contributed by atoms with Gasteiger partial charge in [0.2, 0.25) is 0 Å². The molecule has 0 spiro atoms. The lowest BCUT2D eigenvalue weighted by molar-refractivity contribution is 0.764. The number of nitrogens with one attached hydrogen (secondary N) is 1. The van der Waals surface area contributed by atoms with Gasteiger partial charge in [-0.3, -0.25) is 9.55 Å². The molecule has 3 heterocycles. The van der Waals surface area contributed by atoms with E-state index in [1.807, 2.05) is 29.1 Å². The van der Waals surface area contributed by atoms with E-state index in [0.717, 1.165) is 28.8 Å². The van der Waals surface area contributed by atoms with Crippen LogP contribution in [0.5, 0.6) is 0 Å². The van der Waals surface area contributed by atoms with Crippen molar-refractivity contribution in [2.24, 2.45) is 0 Å². The highest BCUT2D eigenvalue weighted by Crippen LogP contribution is 2.17. The fourth-order valence-corrected chi connectivity index (χ4v) is 2.66. The Labute approximate surface area is 122 Å². The lowest BCUT2D eigenvalue weighted by Gasteiger charge is -2.08. The molecule has 0 fully saturated rings. The zero-order valence-corrected chi connectivity index (χ0v) is 12.4. The summed E-state index contributed by atoms with van der Waals surface area (Å²) in [4.78, 5) is 12.2. The number of H-pyrrole nitrogens is 1. The molecule has 1 N–H and O–H groups in total. The number of fused-ring (bicyclic) bond motifs is 1. The lowest BCUT2D eigenvalue weighted by Crippen LogP contribution is -2.05. The lowest BCUT2D eigenvalue weighted by atomic mass is 10.1. The minimum atomic E-state index is 0.652. The predicted molar refractivity (Wildman–Crippen MR) is 82.4 cm³/mol. The van der Waals surface area contributed by atoms with Gasteiger partial charge in [-0.05, 0) is 48.8 Å². The van der Waals surface area contributed by atoms with Gasteiger partial charge < -0.3 is 4.98 Å². The first-order valence-electron chi connectivity index (χ1n) is 6.67. The number of aromatic nitrogens is 4. The maximum Gasteiger partial charge on any atom is 0.179 e. The Hall–Kier alpha value is -2.01. The van der Waals surface area contributed by atoms with E-state index in [9.17, 15) is 0 Å². The van der Waals surface area contributed by atoms with E-state index in [1.54, 1.807) is 0 Å². The summed E-state index contributed by atoms with van der Waals surface area (Å²) in [6, 6.07) is 6.06.